The molecule has 3 heterocycles. The Labute approximate surface area is 216 Å². The Morgan fingerprint density at radius 2 is 1.95 bits per heavy atom. The second-order valence-electron chi connectivity index (χ2n) is 8.90. The van der Waals surface area contributed by atoms with Gasteiger partial charge in [0.15, 0.2) is 5.54 Å². The molecule has 3 aromatic rings. The second kappa shape index (κ2) is 10.0. The van der Waals surface area contributed by atoms with E-state index in [1.807, 2.05) is 13.8 Å². The van der Waals surface area contributed by atoms with E-state index in [-0.39, 0.29) is 38.8 Å². The van der Waals surface area contributed by atoms with E-state index in [1.165, 1.54) is 4.90 Å². The van der Waals surface area contributed by atoms with Gasteiger partial charge in [-0.05, 0) is 26.8 Å². The molecule has 1 aromatic carbocycles. The molecule has 1 aliphatic rings. The van der Waals surface area contributed by atoms with E-state index in [4.69, 9.17) is 6.57 Å². The van der Waals surface area contributed by atoms with Gasteiger partial charge in [-0.25, -0.2) is 15.4 Å². The van der Waals surface area contributed by atoms with Gasteiger partial charge in [-0.15, -0.1) is 0 Å². The lowest BCUT2D eigenvalue weighted by Crippen LogP contribution is -2.65. The third-order valence-corrected chi connectivity index (χ3v) is 6.29. The SMILES string of the molecule is S.[C-]#[N+]CC1(n2cc(-c3c(C)n[nH]c3C)cn2)CN(c2cc(F)c(C(=O)N[C@@H](C)C(F)(F)F)cc2F)C1. The predicted molar refractivity (Wildman–Crippen MR) is 131 cm³/mol. The second-order valence-corrected chi connectivity index (χ2v) is 8.90. The van der Waals surface area contributed by atoms with Crippen LogP contribution in [0.2, 0.25) is 0 Å². The number of amides is 1. The fourth-order valence-corrected chi connectivity index (χ4v) is 4.30. The fraction of sp³-hybridized carbons (Fsp3) is 0.391. The van der Waals surface area contributed by atoms with Crippen LogP contribution in [0.5, 0.6) is 0 Å². The van der Waals surface area contributed by atoms with Crippen LogP contribution in [0.4, 0.5) is 27.6 Å². The minimum absolute atomic E-state index is 0. The lowest BCUT2D eigenvalue weighted by atomic mass is 9.89. The van der Waals surface area contributed by atoms with E-state index in [0.29, 0.717) is 13.0 Å². The number of hydrogen-bond donors (Lipinski definition) is 2. The molecule has 1 amide bonds. The van der Waals surface area contributed by atoms with Crippen molar-refractivity contribution in [1.29, 1.82) is 0 Å². The lowest BCUT2D eigenvalue weighted by molar-refractivity contribution is -0.149. The number of benzene rings is 1. The van der Waals surface area contributed by atoms with Gasteiger partial charge in [0, 0.05) is 29.1 Å². The number of aryl methyl sites for hydroxylation is 2. The highest BCUT2D eigenvalue weighted by molar-refractivity contribution is 7.59. The summed E-state index contributed by atoms with van der Waals surface area (Å²) >= 11 is 0. The summed E-state index contributed by atoms with van der Waals surface area (Å²) in [4.78, 5) is 17.1. The maximum atomic E-state index is 14.8. The van der Waals surface area contributed by atoms with Crippen LogP contribution in [0, 0.1) is 32.1 Å². The molecule has 2 aromatic heterocycles. The lowest BCUT2D eigenvalue weighted by Gasteiger charge is -2.48. The first-order valence-electron chi connectivity index (χ1n) is 10.9. The minimum Gasteiger partial charge on any atom is -0.363 e. The van der Waals surface area contributed by atoms with Crippen molar-refractivity contribution < 1.29 is 26.7 Å². The standard InChI is InChI=1S/C23H22F5N7O.H2S/c1-12-20(13(2)33-32-12)15-7-30-35(8-15)22(9-29-4)10-34(11-22)19-6-17(24)16(5-18(19)25)21(36)31-14(3)23(26,27)28;/h5-8,14H,9-11H2,1-3H3,(H,31,36)(H,32,33);1H2/t14-;/m0./s1. The summed E-state index contributed by atoms with van der Waals surface area (Å²) in [7, 11) is 0. The van der Waals surface area contributed by atoms with Crippen molar-refractivity contribution in [3.8, 4) is 11.1 Å². The zero-order chi connectivity index (χ0) is 26.4. The molecular weight excluding hydrogens is 517 g/mol. The van der Waals surface area contributed by atoms with Gasteiger partial charge in [0.2, 0.25) is 6.54 Å². The van der Waals surface area contributed by atoms with Crippen LogP contribution in [0.3, 0.4) is 0 Å². The van der Waals surface area contributed by atoms with Crippen LogP contribution < -0.4 is 10.2 Å². The van der Waals surface area contributed by atoms with Crippen LogP contribution in [0.25, 0.3) is 16.0 Å². The molecule has 0 unspecified atom stereocenters. The first-order valence-corrected chi connectivity index (χ1v) is 10.9. The summed E-state index contributed by atoms with van der Waals surface area (Å²) in [6.07, 6.45) is -1.30. The monoisotopic (exact) mass is 541 g/mol. The number of H-pyrrole nitrogens is 1. The van der Waals surface area contributed by atoms with Crippen LogP contribution in [0.15, 0.2) is 24.5 Å². The largest absolute Gasteiger partial charge is 0.408 e. The number of nitrogens with zero attached hydrogens (tertiary/aromatic N) is 5. The van der Waals surface area contributed by atoms with E-state index in [0.717, 1.165) is 28.6 Å². The molecule has 37 heavy (non-hydrogen) atoms. The molecule has 1 saturated heterocycles. The maximum absolute atomic E-state index is 14.8. The Morgan fingerprint density at radius 1 is 1.27 bits per heavy atom. The normalized spacial score (nSPS) is 15.4. The van der Waals surface area contributed by atoms with Gasteiger partial charge in [0.25, 0.3) is 5.91 Å². The molecule has 0 spiro atoms. The number of hydrogen-bond acceptors (Lipinski definition) is 4. The van der Waals surface area contributed by atoms with Crippen LogP contribution in [-0.2, 0) is 5.54 Å². The van der Waals surface area contributed by atoms with Crippen LogP contribution >= 0.6 is 13.5 Å². The highest BCUT2D eigenvalue weighted by Gasteiger charge is 2.49. The van der Waals surface area contributed by atoms with Gasteiger partial charge in [-0.2, -0.15) is 36.9 Å². The molecule has 1 fully saturated rings. The average molecular weight is 542 g/mol. The summed E-state index contributed by atoms with van der Waals surface area (Å²) in [5.74, 6) is -3.50. The van der Waals surface area contributed by atoms with Crippen LogP contribution in [0.1, 0.15) is 28.7 Å². The van der Waals surface area contributed by atoms with Crippen molar-refractivity contribution in [3.05, 3.63) is 64.5 Å². The van der Waals surface area contributed by atoms with Crippen molar-refractivity contribution in [2.45, 2.75) is 38.5 Å². The molecule has 0 radical (unpaired) electrons. The van der Waals surface area contributed by atoms with E-state index in [1.54, 1.807) is 22.4 Å². The molecule has 1 atom stereocenters. The number of aromatic nitrogens is 4. The van der Waals surface area contributed by atoms with Gasteiger partial charge in [-0.3, -0.25) is 14.6 Å². The molecule has 2 N–H and O–H groups in total. The van der Waals surface area contributed by atoms with Crippen molar-refractivity contribution in [1.82, 2.24) is 25.3 Å². The molecule has 198 valence electrons. The summed E-state index contributed by atoms with van der Waals surface area (Å²) in [5.41, 5.74) is 1.53. The van der Waals surface area contributed by atoms with Gasteiger partial charge in [0.1, 0.15) is 17.7 Å². The number of alkyl halides is 3. The number of rotatable bonds is 6. The fourth-order valence-electron chi connectivity index (χ4n) is 4.30. The molecular formula is C23H24F5N7OS. The van der Waals surface area contributed by atoms with Gasteiger partial charge < -0.3 is 15.1 Å². The summed E-state index contributed by atoms with van der Waals surface area (Å²) < 4.78 is 69.2. The number of carbonyl (C=O) groups is 1. The molecule has 1 aliphatic heterocycles. The first kappa shape index (κ1) is 28.0. The Bertz CT molecular complexity index is 1330. The zero-order valence-corrected chi connectivity index (χ0v) is 21.0. The van der Waals surface area contributed by atoms with E-state index >= 15 is 0 Å². The highest BCUT2D eigenvalue weighted by atomic mass is 32.1. The summed E-state index contributed by atoms with van der Waals surface area (Å²) in [6.45, 7) is 12.1. The van der Waals surface area contributed by atoms with E-state index in [9.17, 15) is 26.7 Å². The quantitative estimate of drug-likeness (QED) is 0.364. The number of aromatic amines is 1. The smallest absolute Gasteiger partial charge is 0.363 e. The Morgan fingerprint density at radius 3 is 2.51 bits per heavy atom. The predicted octanol–water partition coefficient (Wildman–Crippen LogP) is 4.10. The summed E-state index contributed by atoms with van der Waals surface area (Å²) in [5, 5.41) is 13.1. The number of nitrogens with one attached hydrogen (secondary N) is 2. The molecule has 8 nitrogen and oxygen atoms in total. The molecule has 4 rings (SSSR count). The molecule has 0 aliphatic carbocycles. The third-order valence-electron chi connectivity index (χ3n) is 6.29. The zero-order valence-electron chi connectivity index (χ0n) is 20.0. The molecule has 0 saturated carbocycles. The Hall–Kier alpha value is -3.60. The van der Waals surface area contributed by atoms with Crippen molar-refractivity contribution in [3.63, 3.8) is 0 Å². The average Bonchev–Trinajstić information content (AvgIpc) is 3.37. The minimum atomic E-state index is -4.73. The number of anilines is 1. The third kappa shape index (κ3) is 5.13. The molecule has 0 bridgehead atoms. The summed E-state index contributed by atoms with van der Waals surface area (Å²) in [6, 6.07) is -0.879. The Balaban J connectivity index is 0.00000380. The van der Waals surface area contributed by atoms with Crippen LogP contribution in [-0.4, -0.2) is 57.7 Å². The van der Waals surface area contributed by atoms with Crippen molar-refractivity contribution in [2.24, 2.45) is 0 Å². The highest BCUT2D eigenvalue weighted by Crippen LogP contribution is 2.37. The Kier molecular flexibility index (Phi) is 7.59. The first-order chi connectivity index (χ1) is 16.9. The van der Waals surface area contributed by atoms with Gasteiger partial charge in [0.05, 0.1) is 36.2 Å². The molecule has 14 heteroatoms. The van der Waals surface area contributed by atoms with E-state index < -0.39 is 40.9 Å². The van der Waals surface area contributed by atoms with Crippen molar-refractivity contribution >= 4 is 25.1 Å². The van der Waals surface area contributed by atoms with Crippen molar-refractivity contribution in [2.75, 3.05) is 24.5 Å². The van der Waals surface area contributed by atoms with E-state index in [2.05, 4.69) is 20.1 Å². The van der Waals surface area contributed by atoms with Gasteiger partial charge >= 0.3 is 6.18 Å². The number of halogens is 5. The van der Waals surface area contributed by atoms with Gasteiger partial charge in [-0.1, -0.05) is 0 Å². The maximum Gasteiger partial charge on any atom is 0.408 e. The number of carbonyl (C=O) groups excluding carboxylic acids is 1. The topological polar surface area (TPSA) is 83.2 Å².